The second kappa shape index (κ2) is 7.98. The first-order chi connectivity index (χ1) is 12.9. The Hall–Kier alpha value is -2.93. The van der Waals surface area contributed by atoms with E-state index >= 15 is 0 Å². The van der Waals surface area contributed by atoms with E-state index in [4.69, 9.17) is 4.74 Å². The van der Waals surface area contributed by atoms with E-state index in [1.54, 1.807) is 0 Å². The first-order valence-corrected chi connectivity index (χ1v) is 8.87. The molecule has 0 amide bonds. The molecule has 7 nitrogen and oxygen atoms in total. The molecule has 150 valence electrons. The fourth-order valence-corrected chi connectivity index (χ4v) is 2.75. The Morgan fingerprint density at radius 2 is 1.71 bits per heavy atom. The third kappa shape index (κ3) is 4.86. The van der Waals surface area contributed by atoms with Crippen molar-refractivity contribution in [3.63, 3.8) is 0 Å². The Balaban J connectivity index is 2.49. The Labute approximate surface area is 163 Å². The Morgan fingerprint density at radius 3 is 2.25 bits per heavy atom. The lowest BCUT2D eigenvalue weighted by Crippen LogP contribution is -2.29. The average molecular weight is 388 g/mol. The van der Waals surface area contributed by atoms with Gasteiger partial charge in [-0.2, -0.15) is 0 Å². The topological polar surface area (TPSA) is 121 Å². The van der Waals surface area contributed by atoms with E-state index in [0.29, 0.717) is 0 Å². The molecule has 1 aliphatic rings. The maximum absolute atomic E-state index is 12.9. The van der Waals surface area contributed by atoms with Crippen LogP contribution < -0.4 is 0 Å². The number of Topliss-reactive ketones (excluding diaryl/α,β-unsaturated/α-hetero) is 1. The van der Waals surface area contributed by atoms with Crippen LogP contribution in [0.1, 0.15) is 54.8 Å². The number of hydrogen-bond acceptors (Lipinski definition) is 7. The molecule has 1 aliphatic carbocycles. The number of ether oxygens (including phenoxy) is 1. The molecule has 1 atom stereocenters. The summed E-state index contributed by atoms with van der Waals surface area (Å²) in [6.07, 6.45) is 2.51. The number of aliphatic hydroxyl groups is 1. The number of benzene rings is 1. The Bertz CT molecular complexity index is 869. The van der Waals surface area contributed by atoms with Gasteiger partial charge in [0.2, 0.25) is 0 Å². The van der Waals surface area contributed by atoms with Crippen LogP contribution in [-0.2, 0) is 9.53 Å². The number of esters is 1. The fourth-order valence-electron chi connectivity index (χ4n) is 2.75. The van der Waals surface area contributed by atoms with Crippen molar-refractivity contribution in [1.29, 1.82) is 0 Å². The van der Waals surface area contributed by atoms with Crippen molar-refractivity contribution in [2.24, 2.45) is 5.92 Å². The van der Waals surface area contributed by atoms with Gasteiger partial charge in [0.15, 0.2) is 11.6 Å². The number of phenols is 2. The molecule has 0 bridgehead atoms. The summed E-state index contributed by atoms with van der Waals surface area (Å²) >= 11 is 0. The molecule has 1 aromatic carbocycles. The van der Waals surface area contributed by atoms with Crippen molar-refractivity contribution in [3.05, 3.63) is 47.1 Å². The summed E-state index contributed by atoms with van der Waals surface area (Å²) in [6.45, 7) is 6.65. The summed E-state index contributed by atoms with van der Waals surface area (Å²) in [6, 6.07) is 2.22. The Morgan fingerprint density at radius 1 is 1.14 bits per heavy atom. The molecular formula is C21H24O7. The third-order valence-corrected chi connectivity index (χ3v) is 4.00. The van der Waals surface area contributed by atoms with Gasteiger partial charge in [-0.25, -0.2) is 0 Å². The maximum Gasteiger partial charge on any atom is 0.306 e. The average Bonchev–Trinajstić information content (AvgIpc) is 2.55. The molecule has 0 spiro atoms. The highest BCUT2D eigenvalue weighted by atomic mass is 16.5. The highest BCUT2D eigenvalue weighted by Gasteiger charge is 2.35. The summed E-state index contributed by atoms with van der Waals surface area (Å²) in [5.41, 5.74) is -2.06. The highest BCUT2D eigenvalue weighted by Crippen LogP contribution is 2.36. The van der Waals surface area contributed by atoms with Crippen molar-refractivity contribution in [2.45, 2.75) is 45.8 Å². The number of rotatable bonds is 6. The largest absolute Gasteiger partial charge is 0.507 e. The van der Waals surface area contributed by atoms with Gasteiger partial charge in [-0.05, 0) is 44.1 Å². The zero-order valence-electron chi connectivity index (χ0n) is 16.2. The van der Waals surface area contributed by atoms with Gasteiger partial charge in [-0.3, -0.25) is 14.4 Å². The number of aromatic hydroxyl groups is 2. The first kappa shape index (κ1) is 21.4. The quantitative estimate of drug-likeness (QED) is 0.389. The Kier molecular flexibility index (Phi) is 6.09. The first-order valence-electron chi connectivity index (χ1n) is 8.87. The van der Waals surface area contributed by atoms with Gasteiger partial charge < -0.3 is 20.1 Å². The predicted molar refractivity (Wildman–Crippen MR) is 101 cm³/mol. The van der Waals surface area contributed by atoms with Gasteiger partial charge in [0, 0.05) is 12.0 Å². The minimum absolute atomic E-state index is 0.0193. The molecule has 0 heterocycles. The monoisotopic (exact) mass is 388 g/mol. The molecule has 1 unspecified atom stereocenters. The molecule has 7 heteroatoms. The summed E-state index contributed by atoms with van der Waals surface area (Å²) in [4.78, 5) is 37.6. The molecule has 0 radical (unpaired) electrons. The summed E-state index contributed by atoms with van der Waals surface area (Å²) in [7, 11) is 0. The standard InChI is InChI=1S/C21H24O7/c1-11(2)9-17(25)28-16(7-8-21(3,4)27)12-10-15(24)18-13(22)5-6-14(23)19(18)20(12)26/h5-8,10-11,16,22-23,27H,9H2,1-4H3. The number of allylic oxidation sites excluding steroid dienone is 1. The lowest BCUT2D eigenvalue weighted by Gasteiger charge is -2.23. The summed E-state index contributed by atoms with van der Waals surface area (Å²) in [5, 5.41) is 29.9. The normalized spacial score (nSPS) is 15.6. The van der Waals surface area contributed by atoms with Crippen molar-refractivity contribution in [2.75, 3.05) is 0 Å². The fraction of sp³-hybridized carbons (Fsp3) is 0.381. The van der Waals surface area contributed by atoms with E-state index in [9.17, 15) is 29.7 Å². The number of carbonyl (C=O) groups excluding carboxylic acids is 3. The van der Waals surface area contributed by atoms with Gasteiger partial charge in [0.1, 0.15) is 17.6 Å². The molecule has 0 fully saturated rings. The van der Waals surface area contributed by atoms with E-state index in [1.165, 1.54) is 26.0 Å². The van der Waals surface area contributed by atoms with Gasteiger partial charge in [0.25, 0.3) is 0 Å². The molecule has 1 aromatic rings. The SMILES string of the molecule is CC(C)CC(=O)OC(C=CC(C)(C)O)C1=CC(=O)c2c(O)ccc(O)c2C1=O. The number of carbonyl (C=O) groups is 3. The number of hydrogen-bond donors (Lipinski definition) is 3. The van der Waals surface area contributed by atoms with Crippen LogP contribution in [0.3, 0.4) is 0 Å². The van der Waals surface area contributed by atoms with E-state index in [-0.39, 0.29) is 29.0 Å². The molecule has 3 N–H and O–H groups in total. The van der Waals surface area contributed by atoms with Gasteiger partial charge in [0.05, 0.1) is 16.7 Å². The van der Waals surface area contributed by atoms with E-state index in [0.717, 1.165) is 18.2 Å². The van der Waals surface area contributed by atoms with Crippen LogP contribution in [0.5, 0.6) is 11.5 Å². The molecular weight excluding hydrogens is 364 g/mol. The molecule has 2 rings (SSSR count). The third-order valence-electron chi connectivity index (χ3n) is 4.00. The van der Waals surface area contributed by atoms with Crippen molar-refractivity contribution in [1.82, 2.24) is 0 Å². The maximum atomic E-state index is 12.9. The molecule has 0 saturated carbocycles. The summed E-state index contributed by atoms with van der Waals surface area (Å²) in [5.74, 6) is -2.89. The highest BCUT2D eigenvalue weighted by molar-refractivity contribution is 6.27. The number of ketones is 2. The van der Waals surface area contributed by atoms with Crippen LogP contribution in [0.15, 0.2) is 35.9 Å². The predicted octanol–water partition coefficient (Wildman–Crippen LogP) is 2.69. The van der Waals surface area contributed by atoms with Gasteiger partial charge in [-0.1, -0.05) is 19.9 Å². The van der Waals surface area contributed by atoms with Crippen molar-refractivity contribution < 1.29 is 34.4 Å². The van der Waals surface area contributed by atoms with Crippen LogP contribution in [0.25, 0.3) is 0 Å². The minimum atomic E-state index is -1.25. The molecule has 0 saturated heterocycles. The smallest absolute Gasteiger partial charge is 0.306 e. The molecule has 28 heavy (non-hydrogen) atoms. The lowest BCUT2D eigenvalue weighted by atomic mass is 9.85. The minimum Gasteiger partial charge on any atom is -0.507 e. The second-order valence-electron chi connectivity index (χ2n) is 7.67. The van der Waals surface area contributed by atoms with Crippen LogP contribution in [0.2, 0.25) is 0 Å². The van der Waals surface area contributed by atoms with Crippen molar-refractivity contribution in [3.8, 4) is 11.5 Å². The zero-order chi connectivity index (χ0) is 21.2. The van der Waals surface area contributed by atoms with Gasteiger partial charge >= 0.3 is 5.97 Å². The van der Waals surface area contributed by atoms with Crippen LogP contribution >= 0.6 is 0 Å². The molecule has 0 aromatic heterocycles. The van der Waals surface area contributed by atoms with Gasteiger partial charge in [-0.15, -0.1) is 0 Å². The molecule has 0 aliphatic heterocycles. The number of fused-ring (bicyclic) bond motifs is 1. The van der Waals surface area contributed by atoms with Crippen LogP contribution in [-0.4, -0.2) is 44.6 Å². The van der Waals surface area contributed by atoms with E-state index in [2.05, 4.69) is 0 Å². The van der Waals surface area contributed by atoms with E-state index < -0.39 is 40.7 Å². The van der Waals surface area contributed by atoms with E-state index in [1.807, 2.05) is 13.8 Å². The zero-order valence-corrected chi connectivity index (χ0v) is 16.2. The summed E-state index contributed by atoms with van der Waals surface area (Å²) < 4.78 is 5.38. The van der Waals surface area contributed by atoms with Crippen molar-refractivity contribution >= 4 is 17.5 Å². The second-order valence-corrected chi connectivity index (χ2v) is 7.67. The van der Waals surface area contributed by atoms with Crippen LogP contribution in [0.4, 0.5) is 0 Å². The lowest BCUT2D eigenvalue weighted by molar-refractivity contribution is -0.146. The van der Waals surface area contributed by atoms with Crippen LogP contribution in [0, 0.1) is 5.92 Å². The number of phenolic OH excluding ortho intramolecular Hbond substituents is 2.